The van der Waals surface area contributed by atoms with Crippen LogP contribution in [-0.4, -0.2) is 27.7 Å². The van der Waals surface area contributed by atoms with Gasteiger partial charge in [0.05, 0.1) is 6.10 Å². The Hall–Kier alpha value is -2.15. The van der Waals surface area contributed by atoms with Crippen LogP contribution in [0.3, 0.4) is 0 Å². The minimum Gasteiger partial charge on any atom is -0.392 e. The first-order valence-electron chi connectivity index (χ1n) is 10.9. The molecule has 1 unspecified atom stereocenters. The van der Waals surface area contributed by atoms with Gasteiger partial charge in [0.15, 0.2) is 5.78 Å². The van der Waals surface area contributed by atoms with E-state index in [1.807, 2.05) is 30.3 Å². The van der Waals surface area contributed by atoms with E-state index < -0.39 is 5.60 Å². The Morgan fingerprint density at radius 1 is 1.10 bits per heavy atom. The third-order valence-corrected chi connectivity index (χ3v) is 6.94. The fourth-order valence-corrected chi connectivity index (χ4v) is 4.94. The van der Waals surface area contributed by atoms with Gasteiger partial charge in [-0.15, -0.1) is 0 Å². The third-order valence-electron chi connectivity index (χ3n) is 6.94. The largest absolute Gasteiger partial charge is 0.392 e. The molecule has 1 aromatic rings. The van der Waals surface area contributed by atoms with Gasteiger partial charge in [-0.3, -0.25) is 4.79 Å². The highest BCUT2D eigenvalue weighted by Gasteiger charge is 2.43. The summed E-state index contributed by atoms with van der Waals surface area (Å²) < 4.78 is 0. The lowest BCUT2D eigenvalue weighted by Gasteiger charge is -2.43. The van der Waals surface area contributed by atoms with Gasteiger partial charge >= 0.3 is 0 Å². The molecular formula is C26H30O3. The Bertz CT molecular complexity index is 904. The monoisotopic (exact) mass is 390 g/mol. The first-order chi connectivity index (χ1) is 13.9. The number of fused-ring (bicyclic) bond motifs is 1. The number of hydrogen-bond acceptors (Lipinski definition) is 3. The predicted octanol–water partition coefficient (Wildman–Crippen LogP) is 4.57. The third kappa shape index (κ3) is 4.25. The molecule has 4 rings (SSSR count). The number of ketones is 1. The Balaban J connectivity index is 1.52. The van der Waals surface area contributed by atoms with E-state index in [1.165, 1.54) is 6.42 Å². The number of allylic oxidation sites excluding steroid dienone is 2. The molecule has 0 radical (unpaired) electrons. The summed E-state index contributed by atoms with van der Waals surface area (Å²) in [6.45, 7) is 2.08. The normalized spacial score (nSPS) is 30.2. The first kappa shape index (κ1) is 20.1. The number of hydrogen-bond donors (Lipinski definition) is 2. The molecule has 2 fully saturated rings. The minimum absolute atomic E-state index is 0.0648. The van der Waals surface area contributed by atoms with Gasteiger partial charge in [0, 0.05) is 16.6 Å². The zero-order chi connectivity index (χ0) is 20.5. The van der Waals surface area contributed by atoms with Gasteiger partial charge < -0.3 is 10.2 Å². The molecule has 0 bridgehead atoms. The second-order valence-corrected chi connectivity index (χ2v) is 9.17. The van der Waals surface area contributed by atoms with Crippen molar-refractivity contribution in [3.8, 4) is 11.8 Å². The van der Waals surface area contributed by atoms with E-state index in [2.05, 4.69) is 18.8 Å². The predicted molar refractivity (Wildman–Crippen MR) is 115 cm³/mol. The molecular weight excluding hydrogens is 360 g/mol. The lowest BCUT2D eigenvalue weighted by Crippen LogP contribution is -2.40. The van der Waals surface area contributed by atoms with Gasteiger partial charge in [-0.2, -0.15) is 0 Å². The number of aliphatic hydroxyl groups excluding tert-OH is 1. The summed E-state index contributed by atoms with van der Waals surface area (Å²) in [7, 11) is 0. The Kier molecular flexibility index (Phi) is 5.51. The Labute approximate surface area is 173 Å². The lowest BCUT2D eigenvalue weighted by atomic mass is 9.63. The number of benzene rings is 1. The maximum absolute atomic E-state index is 12.6. The second kappa shape index (κ2) is 7.94. The highest BCUT2D eigenvalue weighted by atomic mass is 16.3. The summed E-state index contributed by atoms with van der Waals surface area (Å²) in [6, 6.07) is 7.82. The summed E-state index contributed by atoms with van der Waals surface area (Å²) in [5.41, 5.74) is 2.53. The second-order valence-electron chi connectivity index (χ2n) is 9.17. The molecule has 152 valence electrons. The number of carbonyl (C=O) groups excluding carboxylic acids is 1. The smallest absolute Gasteiger partial charge is 0.181 e. The molecule has 3 heteroatoms. The molecule has 2 saturated carbocycles. The van der Waals surface area contributed by atoms with E-state index in [4.69, 9.17) is 0 Å². The fourth-order valence-electron chi connectivity index (χ4n) is 4.94. The minimum atomic E-state index is -0.840. The quantitative estimate of drug-likeness (QED) is 0.546. The SMILES string of the molecule is C[C@]12C/C(=C\c3ccc(C#CC4(O)CCCCC4)cc3)C(=O)C=C1CCCC2O. The maximum Gasteiger partial charge on any atom is 0.181 e. The van der Waals surface area contributed by atoms with E-state index in [-0.39, 0.29) is 17.3 Å². The molecule has 3 nitrogen and oxygen atoms in total. The molecule has 0 amide bonds. The number of carbonyl (C=O) groups is 1. The number of rotatable bonds is 1. The van der Waals surface area contributed by atoms with Crippen LogP contribution in [-0.2, 0) is 4.79 Å². The summed E-state index contributed by atoms with van der Waals surface area (Å²) >= 11 is 0. The Morgan fingerprint density at radius 2 is 1.83 bits per heavy atom. The highest BCUT2D eigenvalue weighted by molar-refractivity contribution is 6.08. The fraction of sp³-hybridized carbons (Fsp3) is 0.500. The molecule has 0 aliphatic heterocycles. The molecule has 0 spiro atoms. The molecule has 1 aromatic carbocycles. The number of aliphatic hydroxyl groups is 2. The highest BCUT2D eigenvalue weighted by Crippen LogP contribution is 2.48. The van der Waals surface area contributed by atoms with Gasteiger partial charge in [0.1, 0.15) is 5.60 Å². The van der Waals surface area contributed by atoms with Crippen LogP contribution in [0, 0.1) is 17.3 Å². The van der Waals surface area contributed by atoms with Crippen molar-refractivity contribution in [3.63, 3.8) is 0 Å². The topological polar surface area (TPSA) is 57.5 Å². The van der Waals surface area contributed by atoms with E-state index in [0.29, 0.717) is 6.42 Å². The summed E-state index contributed by atoms with van der Waals surface area (Å²) in [5, 5.41) is 21.1. The average molecular weight is 391 g/mol. The molecule has 0 heterocycles. The first-order valence-corrected chi connectivity index (χ1v) is 10.9. The van der Waals surface area contributed by atoms with Crippen LogP contribution in [0.15, 0.2) is 41.5 Å². The summed E-state index contributed by atoms with van der Waals surface area (Å²) in [6.07, 6.45) is 11.3. The van der Waals surface area contributed by atoms with Gasteiger partial charge in [-0.05, 0) is 81.2 Å². The zero-order valence-electron chi connectivity index (χ0n) is 17.2. The molecule has 0 aromatic heterocycles. The van der Waals surface area contributed by atoms with E-state index in [0.717, 1.165) is 67.2 Å². The van der Waals surface area contributed by atoms with Gasteiger partial charge in [0.25, 0.3) is 0 Å². The lowest BCUT2D eigenvalue weighted by molar-refractivity contribution is -0.112. The van der Waals surface area contributed by atoms with Crippen molar-refractivity contribution in [2.75, 3.05) is 0 Å². The van der Waals surface area contributed by atoms with Gasteiger partial charge in [0.2, 0.25) is 0 Å². The van der Waals surface area contributed by atoms with Crippen molar-refractivity contribution in [3.05, 3.63) is 52.6 Å². The molecule has 2 atom stereocenters. The van der Waals surface area contributed by atoms with Crippen molar-refractivity contribution in [2.24, 2.45) is 5.41 Å². The van der Waals surface area contributed by atoms with E-state index >= 15 is 0 Å². The van der Waals surface area contributed by atoms with Crippen LogP contribution >= 0.6 is 0 Å². The van der Waals surface area contributed by atoms with E-state index in [1.54, 1.807) is 6.08 Å². The van der Waals surface area contributed by atoms with Crippen LogP contribution in [0.2, 0.25) is 0 Å². The van der Waals surface area contributed by atoms with Gasteiger partial charge in [-0.25, -0.2) is 0 Å². The van der Waals surface area contributed by atoms with Crippen LogP contribution in [0.25, 0.3) is 6.08 Å². The summed E-state index contributed by atoms with van der Waals surface area (Å²) in [4.78, 5) is 12.6. The van der Waals surface area contributed by atoms with Crippen LogP contribution in [0.1, 0.15) is 75.8 Å². The van der Waals surface area contributed by atoms with Crippen LogP contribution in [0.5, 0.6) is 0 Å². The van der Waals surface area contributed by atoms with Crippen molar-refractivity contribution in [2.45, 2.75) is 76.4 Å². The Morgan fingerprint density at radius 3 is 2.55 bits per heavy atom. The van der Waals surface area contributed by atoms with E-state index in [9.17, 15) is 15.0 Å². The van der Waals surface area contributed by atoms with Crippen molar-refractivity contribution in [1.29, 1.82) is 0 Å². The van der Waals surface area contributed by atoms with Gasteiger partial charge in [-0.1, -0.05) is 42.9 Å². The molecule has 2 N–H and O–H groups in total. The molecule has 29 heavy (non-hydrogen) atoms. The average Bonchev–Trinajstić information content (AvgIpc) is 2.71. The van der Waals surface area contributed by atoms with Crippen LogP contribution in [0.4, 0.5) is 0 Å². The van der Waals surface area contributed by atoms with Crippen LogP contribution < -0.4 is 0 Å². The van der Waals surface area contributed by atoms with Crippen molar-refractivity contribution >= 4 is 11.9 Å². The standard InChI is InChI=1S/C26H30O3/c1-25-18-21(23(27)17-22(25)6-5-7-24(25)28)16-20-10-8-19(9-11-20)12-15-26(29)13-3-2-4-14-26/h8-11,16-17,24,28-29H,2-7,13-14,18H2,1H3/b21-16+/t24?,25-/m0/s1. The molecule has 3 aliphatic rings. The van der Waals surface area contributed by atoms with Crippen molar-refractivity contribution in [1.82, 2.24) is 0 Å². The summed E-state index contributed by atoms with van der Waals surface area (Å²) in [5.74, 6) is 6.24. The zero-order valence-corrected chi connectivity index (χ0v) is 17.2. The molecule has 0 saturated heterocycles. The maximum atomic E-state index is 12.6. The molecule has 3 aliphatic carbocycles. The van der Waals surface area contributed by atoms with Crippen molar-refractivity contribution < 1.29 is 15.0 Å².